The van der Waals surface area contributed by atoms with E-state index in [4.69, 9.17) is 0 Å². The van der Waals surface area contributed by atoms with Gasteiger partial charge < -0.3 is 5.32 Å². The second kappa shape index (κ2) is 9.01. The van der Waals surface area contributed by atoms with E-state index in [0.717, 1.165) is 23.5 Å². The Hall–Kier alpha value is -2.14. The van der Waals surface area contributed by atoms with Crippen molar-refractivity contribution < 1.29 is 75.0 Å². The molecule has 0 saturated heterocycles. The Kier molecular flexibility index (Phi) is 7.98. The number of alkyl halides is 17. The lowest BCUT2D eigenvalue weighted by molar-refractivity contribution is -0.445. The summed E-state index contributed by atoms with van der Waals surface area (Å²) in [5, 5.41) is -5.93. The van der Waals surface area contributed by atoms with Crippen molar-refractivity contribution >= 4 is 23.2 Å². The maximum Gasteiger partial charge on any atom is 0.393 e. The van der Waals surface area contributed by atoms with Crippen LogP contribution >= 0.6 is 11.6 Å². The highest BCUT2D eigenvalue weighted by Gasteiger charge is 2.95. The fourth-order valence-electron chi connectivity index (χ4n) is 2.46. The average Bonchev–Trinajstić information content (AvgIpc) is 2.72. The summed E-state index contributed by atoms with van der Waals surface area (Å²) in [6, 6.07) is 3.98. The summed E-state index contributed by atoms with van der Waals surface area (Å²) in [4.78, 5) is 11.6. The fourth-order valence-corrected chi connectivity index (χ4v) is 2.58. The molecule has 0 aromatic heterocycles. The molecule has 0 saturated carbocycles. The Morgan fingerprint density at radius 1 is 0.667 bits per heavy atom. The molecule has 0 atom stereocenters. The molecule has 19 heteroatoms. The summed E-state index contributed by atoms with van der Waals surface area (Å²) in [6.07, 6.45) is -0.132. The van der Waals surface area contributed by atoms with Crippen molar-refractivity contribution in [2.75, 3.05) is 5.32 Å². The first-order valence-electron chi connectivity index (χ1n) is 8.80. The van der Waals surface area contributed by atoms with E-state index in [1.165, 1.54) is 13.0 Å². The molecule has 1 amide bonds. The van der Waals surface area contributed by atoms with Gasteiger partial charge in [-0.05, 0) is 29.7 Å². The van der Waals surface area contributed by atoms with Crippen LogP contribution in [0.25, 0.3) is 0 Å². The van der Waals surface area contributed by atoms with Crippen LogP contribution < -0.4 is 5.32 Å². The van der Waals surface area contributed by atoms with E-state index in [1.54, 1.807) is 0 Å². The minimum atomic E-state index is -8.62. The summed E-state index contributed by atoms with van der Waals surface area (Å²) >= 11 is 3.44. The molecule has 1 aromatic rings. The molecular weight excluding hydrogens is 574 g/mol. The Labute approximate surface area is 194 Å². The molecule has 208 valence electrons. The van der Waals surface area contributed by atoms with Crippen molar-refractivity contribution in [1.29, 1.82) is 0 Å². The third kappa shape index (κ3) is 4.31. The molecule has 0 spiro atoms. The number of para-hydroxylation sites is 1. The third-order valence-electron chi connectivity index (χ3n) is 4.65. The van der Waals surface area contributed by atoms with Crippen LogP contribution in [0.3, 0.4) is 0 Å². The number of aryl methyl sites for hydroxylation is 1. The van der Waals surface area contributed by atoms with Gasteiger partial charge in [-0.3, -0.25) is 4.79 Å². The molecule has 0 radical (unpaired) electrons. The monoisotopic (exact) mass is 583 g/mol. The number of halogens is 17. The third-order valence-corrected chi connectivity index (χ3v) is 4.89. The van der Waals surface area contributed by atoms with Gasteiger partial charge in [0.15, 0.2) is 0 Å². The van der Waals surface area contributed by atoms with Gasteiger partial charge in [0, 0.05) is 5.69 Å². The van der Waals surface area contributed by atoms with Gasteiger partial charge >= 0.3 is 52.7 Å². The molecule has 0 unspecified atom stereocenters. The number of nitrogens with one attached hydrogen (secondary N) is 1. The van der Waals surface area contributed by atoms with Crippen molar-refractivity contribution in [2.24, 2.45) is 0 Å². The molecular formula is C17H10ClF16NO. The van der Waals surface area contributed by atoms with Crippen molar-refractivity contribution in [1.82, 2.24) is 0 Å². The largest absolute Gasteiger partial charge is 0.393 e. The molecule has 0 aliphatic carbocycles. The highest BCUT2D eigenvalue weighted by atomic mass is 35.5. The highest BCUT2D eigenvalue weighted by Crippen LogP contribution is 2.64. The van der Waals surface area contributed by atoms with E-state index >= 15 is 0 Å². The van der Waals surface area contributed by atoms with Crippen molar-refractivity contribution in [3.05, 3.63) is 29.8 Å². The first-order chi connectivity index (χ1) is 15.7. The molecule has 1 aromatic carbocycles. The molecule has 1 rings (SSSR count). The number of hydrogen-bond donors (Lipinski definition) is 1. The van der Waals surface area contributed by atoms with Crippen LogP contribution in [-0.2, 0) is 11.2 Å². The molecule has 0 bridgehead atoms. The number of amides is 1. The van der Waals surface area contributed by atoms with E-state index < -0.39 is 58.4 Å². The van der Waals surface area contributed by atoms with Crippen molar-refractivity contribution in [3.63, 3.8) is 0 Å². The van der Waals surface area contributed by atoms with Gasteiger partial charge in [0.2, 0.25) is 0 Å². The zero-order valence-electron chi connectivity index (χ0n) is 16.9. The number of anilines is 1. The van der Waals surface area contributed by atoms with Crippen LogP contribution in [0, 0.1) is 0 Å². The van der Waals surface area contributed by atoms with Crippen LogP contribution in [0.1, 0.15) is 12.5 Å². The maximum absolute atomic E-state index is 14.0. The lowest BCUT2D eigenvalue weighted by Crippen LogP contribution is -2.75. The first kappa shape index (κ1) is 31.9. The van der Waals surface area contributed by atoms with Crippen LogP contribution in [0.2, 0.25) is 0 Å². The van der Waals surface area contributed by atoms with Gasteiger partial charge in [0.25, 0.3) is 0 Å². The van der Waals surface area contributed by atoms with Gasteiger partial charge in [0.1, 0.15) is 0 Å². The van der Waals surface area contributed by atoms with Gasteiger partial charge in [-0.2, -0.15) is 70.2 Å². The highest BCUT2D eigenvalue weighted by molar-refractivity contribution is 6.22. The topological polar surface area (TPSA) is 29.1 Å². The second-order valence-electron chi connectivity index (χ2n) is 6.98. The van der Waals surface area contributed by atoms with Crippen LogP contribution in [0.5, 0.6) is 0 Å². The van der Waals surface area contributed by atoms with Gasteiger partial charge in [-0.15, -0.1) is 0 Å². The number of benzene rings is 1. The molecule has 36 heavy (non-hydrogen) atoms. The normalized spacial score (nSPS) is 15.2. The molecule has 0 aliphatic rings. The Balaban J connectivity index is 3.60. The summed E-state index contributed by atoms with van der Waals surface area (Å²) in [6.45, 7) is 1.30. The van der Waals surface area contributed by atoms with Crippen molar-refractivity contribution in [2.45, 2.75) is 60.2 Å². The van der Waals surface area contributed by atoms with Gasteiger partial charge in [-0.25, -0.2) is 0 Å². The van der Waals surface area contributed by atoms with E-state index in [1.807, 2.05) is 0 Å². The fraction of sp³-hybridized carbons (Fsp3) is 0.588. The van der Waals surface area contributed by atoms with Crippen LogP contribution in [0.15, 0.2) is 24.3 Å². The number of rotatable bonds is 10. The zero-order chi connectivity index (χ0) is 29.0. The zero-order valence-corrected chi connectivity index (χ0v) is 17.6. The van der Waals surface area contributed by atoms with E-state index in [2.05, 4.69) is 11.6 Å². The number of carbonyl (C=O) groups is 1. The van der Waals surface area contributed by atoms with Gasteiger partial charge in [0.05, 0.1) is 0 Å². The SMILES string of the molecule is CCc1ccccc1NC(=O)C(F)(F)C(F)(F)C(F)(F)C(F)(F)C(F)(F)C(F)(F)C(F)(F)C(F)(F)Cl. The van der Waals surface area contributed by atoms with Gasteiger partial charge in [-0.1, -0.05) is 25.1 Å². The molecule has 0 aliphatic heterocycles. The van der Waals surface area contributed by atoms with Crippen LogP contribution in [-0.4, -0.2) is 52.7 Å². The smallest absolute Gasteiger partial charge is 0.320 e. The predicted octanol–water partition coefficient (Wildman–Crippen LogP) is 7.47. The maximum atomic E-state index is 14.0. The summed E-state index contributed by atoms with van der Waals surface area (Å²) in [5.41, 5.74) is -0.908. The number of carbonyl (C=O) groups excluding carboxylic acids is 1. The Morgan fingerprint density at radius 3 is 1.42 bits per heavy atom. The summed E-state index contributed by atoms with van der Waals surface area (Å²) in [7, 11) is 0. The lowest BCUT2D eigenvalue weighted by Gasteiger charge is -2.42. The Bertz CT molecular complexity index is 972. The minimum Gasteiger partial charge on any atom is -0.320 e. The summed E-state index contributed by atoms with van der Waals surface area (Å²) < 4.78 is 215. The quantitative estimate of drug-likeness (QED) is 0.225. The molecule has 1 N–H and O–H groups in total. The lowest BCUT2D eigenvalue weighted by atomic mass is 9.89. The minimum absolute atomic E-state index is 0.127. The van der Waals surface area contributed by atoms with E-state index in [9.17, 15) is 75.0 Å². The standard InChI is InChI=1S/C17H10ClF16NO/c1-2-7-5-3-4-6-8(7)35-9(36)10(19,20)11(21,22)12(23,24)13(25,26)14(27,28)15(29,30)16(31,32)17(18,33)34/h3-6H,2H2,1H3,(H,35,36). The number of hydrogen-bond acceptors (Lipinski definition) is 1. The molecule has 0 heterocycles. The average molecular weight is 584 g/mol. The molecule has 2 nitrogen and oxygen atoms in total. The van der Waals surface area contributed by atoms with E-state index in [-0.39, 0.29) is 12.0 Å². The Morgan fingerprint density at radius 2 is 1.03 bits per heavy atom. The second-order valence-corrected chi connectivity index (χ2v) is 7.46. The van der Waals surface area contributed by atoms with Crippen LogP contribution in [0.4, 0.5) is 75.9 Å². The predicted molar refractivity (Wildman–Crippen MR) is 89.9 cm³/mol. The van der Waals surface area contributed by atoms with E-state index in [0.29, 0.717) is 0 Å². The molecule has 0 fully saturated rings. The first-order valence-corrected chi connectivity index (χ1v) is 9.18. The summed E-state index contributed by atoms with van der Waals surface area (Å²) in [5.74, 6) is -60.5. The van der Waals surface area contributed by atoms with Crippen molar-refractivity contribution in [3.8, 4) is 0 Å².